The van der Waals surface area contributed by atoms with Crippen LogP contribution in [-0.2, 0) is 11.2 Å². The minimum Gasteiger partial charge on any atom is -0.369 e. The molecule has 1 amide bonds. The lowest BCUT2D eigenvalue weighted by molar-refractivity contribution is -0.123. The highest BCUT2D eigenvalue weighted by Gasteiger charge is 2.13. The van der Waals surface area contributed by atoms with E-state index in [1.54, 1.807) is 0 Å². The molecule has 1 aliphatic heterocycles. The number of anilines is 1. The van der Waals surface area contributed by atoms with E-state index in [1.807, 2.05) is 13.8 Å². The highest BCUT2D eigenvalue weighted by molar-refractivity contribution is 5.77. The van der Waals surface area contributed by atoms with Crippen molar-refractivity contribution in [2.24, 2.45) is 5.92 Å². The molecule has 22 heavy (non-hydrogen) atoms. The second kappa shape index (κ2) is 8.18. The lowest BCUT2D eigenvalue weighted by Crippen LogP contribution is -2.44. The van der Waals surface area contributed by atoms with Crippen molar-refractivity contribution in [2.75, 3.05) is 44.7 Å². The molecule has 0 aliphatic carbocycles. The number of carbonyl (C=O) groups is 1. The third kappa shape index (κ3) is 5.02. The van der Waals surface area contributed by atoms with Crippen LogP contribution in [0.5, 0.6) is 0 Å². The third-order valence-electron chi connectivity index (χ3n) is 4.27. The minimum atomic E-state index is 0.0721. The van der Waals surface area contributed by atoms with Gasteiger partial charge in [0.1, 0.15) is 0 Å². The van der Waals surface area contributed by atoms with Gasteiger partial charge >= 0.3 is 0 Å². The summed E-state index contributed by atoms with van der Waals surface area (Å²) in [5, 5.41) is 2.97. The molecule has 1 aromatic rings. The largest absolute Gasteiger partial charge is 0.369 e. The summed E-state index contributed by atoms with van der Waals surface area (Å²) in [7, 11) is 2.18. The van der Waals surface area contributed by atoms with Crippen molar-refractivity contribution in [3.05, 3.63) is 29.8 Å². The van der Waals surface area contributed by atoms with Gasteiger partial charge in [0.05, 0.1) is 0 Å². The molecule has 0 aromatic heterocycles. The summed E-state index contributed by atoms with van der Waals surface area (Å²) in [6.45, 7) is 9.10. The Kier molecular flexibility index (Phi) is 6.25. The number of nitrogens with zero attached hydrogens (tertiary/aromatic N) is 2. The smallest absolute Gasteiger partial charge is 0.222 e. The lowest BCUT2D eigenvalue weighted by Gasteiger charge is -2.34. The molecule has 0 spiro atoms. The number of rotatable bonds is 6. The first-order valence-electron chi connectivity index (χ1n) is 8.36. The maximum absolute atomic E-state index is 11.5. The molecule has 1 heterocycles. The summed E-state index contributed by atoms with van der Waals surface area (Å²) in [5.74, 6) is 0.216. The number of hydrogen-bond donors (Lipinski definition) is 1. The molecular weight excluding hydrogens is 274 g/mol. The summed E-state index contributed by atoms with van der Waals surface area (Å²) in [5.41, 5.74) is 2.67. The van der Waals surface area contributed by atoms with E-state index in [-0.39, 0.29) is 11.8 Å². The standard InChI is InChI=1S/C18H29N3O/c1-15(2)18(22)19-10-4-5-16-6-8-17(9-7-16)21-13-11-20(3)12-14-21/h6-9,15H,4-5,10-14H2,1-3H3,(H,19,22). The van der Waals surface area contributed by atoms with E-state index in [4.69, 9.17) is 0 Å². The van der Waals surface area contributed by atoms with Crippen LogP contribution in [0.2, 0.25) is 0 Å². The van der Waals surface area contributed by atoms with Crippen molar-refractivity contribution in [1.82, 2.24) is 10.2 Å². The molecule has 4 nitrogen and oxygen atoms in total. The molecule has 0 radical (unpaired) electrons. The average molecular weight is 303 g/mol. The van der Waals surface area contributed by atoms with Crippen LogP contribution in [0, 0.1) is 5.92 Å². The first-order valence-corrected chi connectivity index (χ1v) is 8.36. The van der Waals surface area contributed by atoms with Gasteiger partial charge in [0.15, 0.2) is 0 Å². The van der Waals surface area contributed by atoms with Crippen LogP contribution in [0.15, 0.2) is 24.3 Å². The van der Waals surface area contributed by atoms with Gasteiger partial charge in [-0.25, -0.2) is 0 Å². The van der Waals surface area contributed by atoms with Crippen LogP contribution in [0.4, 0.5) is 5.69 Å². The van der Waals surface area contributed by atoms with Gasteiger partial charge in [-0.05, 0) is 37.6 Å². The number of likely N-dealkylation sites (N-methyl/N-ethyl adjacent to an activating group) is 1. The van der Waals surface area contributed by atoms with Crippen LogP contribution < -0.4 is 10.2 Å². The first-order chi connectivity index (χ1) is 10.6. The van der Waals surface area contributed by atoms with Gasteiger partial charge in [0.25, 0.3) is 0 Å². The molecule has 0 saturated carbocycles. The summed E-state index contributed by atoms with van der Waals surface area (Å²) in [6.07, 6.45) is 2.01. The minimum absolute atomic E-state index is 0.0721. The molecule has 4 heteroatoms. The van der Waals surface area contributed by atoms with Gasteiger partial charge in [-0.1, -0.05) is 26.0 Å². The molecule has 122 valence electrons. The predicted molar refractivity (Wildman–Crippen MR) is 92.3 cm³/mol. The molecule has 0 bridgehead atoms. The van der Waals surface area contributed by atoms with Crippen molar-refractivity contribution >= 4 is 11.6 Å². The summed E-state index contributed by atoms with van der Waals surface area (Å²) >= 11 is 0. The van der Waals surface area contributed by atoms with Crippen LogP contribution in [0.3, 0.4) is 0 Å². The van der Waals surface area contributed by atoms with Crippen LogP contribution in [0.25, 0.3) is 0 Å². The van der Waals surface area contributed by atoms with Crippen molar-refractivity contribution in [2.45, 2.75) is 26.7 Å². The number of piperazine rings is 1. The lowest BCUT2D eigenvalue weighted by atomic mass is 10.1. The fraction of sp³-hybridized carbons (Fsp3) is 0.611. The first kappa shape index (κ1) is 16.8. The van der Waals surface area contributed by atoms with E-state index >= 15 is 0 Å². The van der Waals surface area contributed by atoms with Crippen molar-refractivity contribution < 1.29 is 4.79 Å². The number of aryl methyl sites for hydroxylation is 1. The molecule has 0 unspecified atom stereocenters. The van der Waals surface area contributed by atoms with E-state index in [1.165, 1.54) is 11.3 Å². The van der Waals surface area contributed by atoms with Gasteiger partial charge < -0.3 is 15.1 Å². The van der Waals surface area contributed by atoms with Crippen molar-refractivity contribution in [3.8, 4) is 0 Å². The Hall–Kier alpha value is -1.55. The molecule has 1 fully saturated rings. The Bertz CT molecular complexity index is 462. The Labute approximate surface area is 134 Å². The summed E-state index contributed by atoms with van der Waals surface area (Å²) in [6, 6.07) is 8.90. The van der Waals surface area contributed by atoms with Gasteiger partial charge in [-0.15, -0.1) is 0 Å². The Morgan fingerprint density at radius 3 is 2.36 bits per heavy atom. The van der Waals surface area contributed by atoms with Gasteiger partial charge in [0.2, 0.25) is 5.91 Å². The zero-order valence-electron chi connectivity index (χ0n) is 14.1. The maximum atomic E-state index is 11.5. The fourth-order valence-electron chi connectivity index (χ4n) is 2.65. The van der Waals surface area contributed by atoms with Gasteiger partial charge in [0, 0.05) is 44.3 Å². The summed E-state index contributed by atoms with van der Waals surface area (Å²) in [4.78, 5) is 16.3. The van der Waals surface area contributed by atoms with E-state index in [9.17, 15) is 4.79 Å². The normalized spacial score (nSPS) is 16.1. The predicted octanol–water partition coefficient (Wildman–Crippen LogP) is 2.14. The molecule has 1 N–H and O–H groups in total. The Morgan fingerprint density at radius 1 is 1.14 bits per heavy atom. The van der Waals surface area contributed by atoms with Gasteiger partial charge in [-0.3, -0.25) is 4.79 Å². The number of nitrogens with one attached hydrogen (secondary N) is 1. The molecule has 2 rings (SSSR count). The fourth-order valence-corrected chi connectivity index (χ4v) is 2.65. The molecule has 1 aromatic carbocycles. The second-order valence-corrected chi connectivity index (χ2v) is 6.51. The molecular formula is C18H29N3O. The van der Waals surface area contributed by atoms with E-state index in [0.29, 0.717) is 0 Å². The van der Waals surface area contributed by atoms with Crippen LogP contribution in [0.1, 0.15) is 25.8 Å². The maximum Gasteiger partial charge on any atom is 0.222 e. The molecule has 1 aliphatic rings. The second-order valence-electron chi connectivity index (χ2n) is 6.51. The zero-order valence-corrected chi connectivity index (χ0v) is 14.1. The third-order valence-corrected chi connectivity index (χ3v) is 4.27. The van der Waals surface area contributed by atoms with E-state index in [2.05, 4.69) is 46.4 Å². The number of amides is 1. The van der Waals surface area contributed by atoms with Crippen molar-refractivity contribution in [1.29, 1.82) is 0 Å². The SMILES string of the molecule is CC(C)C(=O)NCCCc1ccc(N2CCN(C)CC2)cc1. The van der Waals surface area contributed by atoms with E-state index < -0.39 is 0 Å². The molecule has 0 atom stereocenters. The number of benzene rings is 1. The summed E-state index contributed by atoms with van der Waals surface area (Å²) < 4.78 is 0. The quantitative estimate of drug-likeness (QED) is 0.818. The highest BCUT2D eigenvalue weighted by Crippen LogP contribution is 2.17. The van der Waals surface area contributed by atoms with Gasteiger partial charge in [-0.2, -0.15) is 0 Å². The Morgan fingerprint density at radius 2 is 1.77 bits per heavy atom. The number of carbonyl (C=O) groups excluding carboxylic acids is 1. The topological polar surface area (TPSA) is 35.6 Å². The Balaban J connectivity index is 1.74. The zero-order chi connectivity index (χ0) is 15.9. The average Bonchev–Trinajstić information content (AvgIpc) is 2.52. The van der Waals surface area contributed by atoms with E-state index in [0.717, 1.165) is 45.6 Å². The van der Waals surface area contributed by atoms with Crippen LogP contribution in [-0.4, -0.2) is 50.6 Å². The van der Waals surface area contributed by atoms with Crippen molar-refractivity contribution in [3.63, 3.8) is 0 Å². The molecule has 1 saturated heterocycles. The highest BCUT2D eigenvalue weighted by atomic mass is 16.1. The number of hydrogen-bond acceptors (Lipinski definition) is 3. The monoisotopic (exact) mass is 303 g/mol. The van der Waals surface area contributed by atoms with Crippen LogP contribution >= 0.6 is 0 Å².